The molecule has 0 heterocycles. The monoisotopic (exact) mass is 1490 g/mol. The SMILES string of the molecule is C.Cc1c(C)c(C)c(-c2c(C)c(C)c(C)c(C)c2C)c(C)c1C.Cc1c(C)c(C)c(-c2c(C)c(C)c(C)c(C)c2C)c(C)c1C.Cc1c(C)c(C)c(-c2c(C)c(C)c(C)c(C)c2C)c(C)c1C.Cc1c(C)c(C)c(-c2c(C)c(C)c(C)c(C)c2C)c(C)c1C.Cc1c(C)c(C)c(-c2c(C)c(C)c(C)c(C)c2C)c(C)c1C. The molecule has 0 bridgehead atoms. The van der Waals surface area contributed by atoms with E-state index in [0.717, 1.165) is 0 Å². The molecule has 0 unspecified atom stereocenters. The summed E-state index contributed by atoms with van der Waals surface area (Å²) in [5, 5.41) is 0. The third kappa shape index (κ3) is 16.1. The molecule has 0 aliphatic rings. The van der Waals surface area contributed by atoms with Crippen LogP contribution >= 0.6 is 0 Å². The first-order chi connectivity index (χ1) is 50.5. The van der Waals surface area contributed by atoms with E-state index in [0.29, 0.717) is 0 Å². The zero-order valence-electron chi connectivity index (χ0n) is 80.0. The Labute approximate surface area is 683 Å². The van der Waals surface area contributed by atoms with Gasteiger partial charge in [0, 0.05) is 0 Å². The Bertz CT molecular complexity index is 4020. The molecular formula is C111H154. The molecule has 111 heavy (non-hydrogen) atoms. The second kappa shape index (κ2) is 35.3. The predicted octanol–water partition coefficient (Wildman–Crippen LogP) is 32.8. The lowest BCUT2D eigenvalue weighted by molar-refractivity contribution is 1.14. The van der Waals surface area contributed by atoms with Crippen molar-refractivity contribution in [1.82, 2.24) is 0 Å². The van der Waals surface area contributed by atoms with Crippen LogP contribution in [0.15, 0.2) is 0 Å². The van der Waals surface area contributed by atoms with E-state index in [1.165, 1.54) is 334 Å². The molecule has 0 fully saturated rings. The third-order valence-electron chi connectivity index (χ3n) is 31.2. The van der Waals surface area contributed by atoms with Crippen LogP contribution < -0.4 is 0 Å². The van der Waals surface area contributed by atoms with Gasteiger partial charge in [-0.05, 0) is 680 Å². The van der Waals surface area contributed by atoms with E-state index >= 15 is 0 Å². The van der Waals surface area contributed by atoms with E-state index in [1.54, 1.807) is 0 Å². The van der Waals surface area contributed by atoms with Crippen LogP contribution in [0.3, 0.4) is 0 Å². The van der Waals surface area contributed by atoms with Crippen molar-refractivity contribution >= 4 is 0 Å². The highest BCUT2D eigenvalue weighted by Crippen LogP contribution is 2.47. The zero-order valence-corrected chi connectivity index (χ0v) is 80.0. The number of hydrogen-bond donors (Lipinski definition) is 0. The van der Waals surface area contributed by atoms with E-state index in [1.807, 2.05) is 0 Å². The van der Waals surface area contributed by atoms with Gasteiger partial charge in [0.2, 0.25) is 0 Å². The average molecular weight is 1490 g/mol. The highest BCUT2D eigenvalue weighted by molar-refractivity contribution is 5.87. The van der Waals surface area contributed by atoms with Gasteiger partial charge in [0.05, 0.1) is 0 Å². The highest BCUT2D eigenvalue weighted by Gasteiger charge is 2.27. The molecule has 598 valence electrons. The van der Waals surface area contributed by atoms with Gasteiger partial charge < -0.3 is 0 Å². The molecule has 0 N–H and O–H groups in total. The van der Waals surface area contributed by atoms with E-state index in [2.05, 4.69) is 346 Å². The summed E-state index contributed by atoms with van der Waals surface area (Å²) in [7, 11) is 0. The number of hydrogen-bond acceptors (Lipinski definition) is 0. The standard InChI is InChI=1S/5C22H30.CH4/c5*1-11-13(3)17(7)21(18(8)14(11)4)22-19(9)15(5)12(2)16(6)20(22)10;/h5*1-10H3;1H4. The summed E-state index contributed by atoms with van der Waals surface area (Å²) in [6, 6.07) is 0. The lowest BCUT2D eigenvalue weighted by Crippen LogP contribution is -2.05. The molecule has 0 amide bonds. The maximum atomic E-state index is 2.29. The van der Waals surface area contributed by atoms with E-state index in [-0.39, 0.29) is 7.43 Å². The molecule has 0 saturated heterocycles. The van der Waals surface area contributed by atoms with Crippen LogP contribution in [0.1, 0.15) is 286 Å². The van der Waals surface area contributed by atoms with Crippen LogP contribution in [0, 0.1) is 346 Å². The molecule has 0 aliphatic heterocycles. The molecule has 0 aromatic heterocycles. The lowest BCUT2D eigenvalue weighted by Gasteiger charge is -2.25. The summed E-state index contributed by atoms with van der Waals surface area (Å²) >= 11 is 0. The van der Waals surface area contributed by atoms with Gasteiger partial charge in [0.25, 0.3) is 0 Å². The molecule has 0 nitrogen and oxygen atoms in total. The summed E-state index contributed by atoms with van der Waals surface area (Å²) < 4.78 is 0. The van der Waals surface area contributed by atoms with Crippen molar-refractivity contribution in [1.29, 1.82) is 0 Å². The van der Waals surface area contributed by atoms with Gasteiger partial charge in [-0.2, -0.15) is 0 Å². The van der Waals surface area contributed by atoms with E-state index in [4.69, 9.17) is 0 Å². The topological polar surface area (TPSA) is 0 Å². The van der Waals surface area contributed by atoms with Crippen molar-refractivity contribution in [3.8, 4) is 55.6 Å². The minimum absolute atomic E-state index is 0. The second-order valence-corrected chi connectivity index (χ2v) is 35.0. The summed E-state index contributed by atoms with van der Waals surface area (Å²) in [4.78, 5) is 0. The molecular weight excluding hydrogens is 1330 g/mol. The molecule has 0 saturated carbocycles. The Morgan fingerprint density at radius 2 is 0.0811 bits per heavy atom. The van der Waals surface area contributed by atoms with Gasteiger partial charge >= 0.3 is 0 Å². The van der Waals surface area contributed by atoms with Crippen LogP contribution in [0.4, 0.5) is 0 Å². The normalized spacial score (nSPS) is 11.1. The van der Waals surface area contributed by atoms with Gasteiger partial charge in [0.15, 0.2) is 0 Å². The Morgan fingerprint density at radius 3 is 0.117 bits per heavy atom. The molecule has 0 spiro atoms. The predicted molar refractivity (Wildman–Crippen MR) is 503 cm³/mol. The van der Waals surface area contributed by atoms with Crippen LogP contribution in [0.25, 0.3) is 55.6 Å². The minimum atomic E-state index is 0. The van der Waals surface area contributed by atoms with E-state index in [9.17, 15) is 0 Å². The Balaban J connectivity index is 0.000000248. The summed E-state index contributed by atoms with van der Waals surface area (Å²) in [5.74, 6) is 0. The molecule has 10 aromatic rings. The largest absolute Gasteiger partial charge is 0.0776 e. The molecule has 0 radical (unpaired) electrons. The quantitative estimate of drug-likeness (QED) is 0.161. The molecule has 0 aliphatic carbocycles. The molecule has 0 heteroatoms. The van der Waals surface area contributed by atoms with Gasteiger partial charge in [-0.3, -0.25) is 0 Å². The fraction of sp³-hybridized carbons (Fsp3) is 0.459. The minimum Gasteiger partial charge on any atom is -0.0776 e. The number of rotatable bonds is 5. The van der Waals surface area contributed by atoms with Crippen molar-refractivity contribution in [2.45, 2.75) is 354 Å². The molecule has 0 atom stereocenters. The smallest absolute Gasteiger partial charge is 0.0114 e. The van der Waals surface area contributed by atoms with Crippen molar-refractivity contribution in [3.63, 3.8) is 0 Å². The maximum absolute atomic E-state index is 2.29. The van der Waals surface area contributed by atoms with Crippen LogP contribution in [-0.4, -0.2) is 0 Å². The highest BCUT2D eigenvalue weighted by atomic mass is 14.3. The first-order valence-electron chi connectivity index (χ1n) is 41.2. The Hall–Kier alpha value is -7.80. The molecule has 10 rings (SSSR count). The van der Waals surface area contributed by atoms with Crippen molar-refractivity contribution in [2.75, 3.05) is 0 Å². The third-order valence-corrected chi connectivity index (χ3v) is 31.2. The van der Waals surface area contributed by atoms with Crippen LogP contribution in [0.2, 0.25) is 0 Å². The summed E-state index contributed by atoms with van der Waals surface area (Å²) in [6.45, 7) is 113. The zero-order chi connectivity index (χ0) is 84.6. The second-order valence-electron chi connectivity index (χ2n) is 35.0. The van der Waals surface area contributed by atoms with Gasteiger partial charge in [0.1, 0.15) is 0 Å². The van der Waals surface area contributed by atoms with Gasteiger partial charge in [-0.25, -0.2) is 0 Å². The van der Waals surface area contributed by atoms with Crippen LogP contribution in [-0.2, 0) is 0 Å². The van der Waals surface area contributed by atoms with Gasteiger partial charge in [-0.1, -0.05) is 7.43 Å². The fourth-order valence-electron chi connectivity index (χ4n) is 18.8. The van der Waals surface area contributed by atoms with Crippen LogP contribution in [0.5, 0.6) is 0 Å². The average Bonchev–Trinajstić information content (AvgIpc) is 0.774. The first kappa shape index (κ1) is 93.8. The van der Waals surface area contributed by atoms with E-state index < -0.39 is 0 Å². The first-order valence-corrected chi connectivity index (χ1v) is 41.2. The maximum Gasteiger partial charge on any atom is -0.0114 e. The number of benzene rings is 10. The van der Waals surface area contributed by atoms with Gasteiger partial charge in [-0.15, -0.1) is 0 Å². The van der Waals surface area contributed by atoms with Crippen molar-refractivity contribution in [2.24, 2.45) is 0 Å². The molecule has 10 aromatic carbocycles. The summed E-state index contributed by atoms with van der Waals surface area (Å²) in [6.07, 6.45) is 0. The Kier molecular flexibility index (Phi) is 29.8. The summed E-state index contributed by atoms with van der Waals surface area (Å²) in [5.41, 5.74) is 86.5. The lowest BCUT2D eigenvalue weighted by atomic mass is 9.80. The van der Waals surface area contributed by atoms with Crippen molar-refractivity contribution in [3.05, 3.63) is 278 Å². The van der Waals surface area contributed by atoms with Crippen molar-refractivity contribution < 1.29 is 0 Å². The fourth-order valence-corrected chi connectivity index (χ4v) is 18.8. The Morgan fingerprint density at radius 1 is 0.0541 bits per heavy atom.